The summed E-state index contributed by atoms with van der Waals surface area (Å²) < 4.78 is 0. The van der Waals surface area contributed by atoms with Crippen LogP contribution in [0.1, 0.15) is 137 Å². The quantitative estimate of drug-likeness (QED) is 0.241. The first-order valence-electron chi connectivity index (χ1n) is 12.0. The van der Waals surface area contributed by atoms with Gasteiger partial charge in [-0.05, 0) is 24.2 Å². The molecule has 0 amide bonds. The summed E-state index contributed by atoms with van der Waals surface area (Å²) in [6, 6.07) is 0. The second kappa shape index (κ2) is 16.4. The number of carboxylic acids is 1. The maximum atomic E-state index is 11.6. The third-order valence-corrected chi connectivity index (χ3v) is 5.81. The van der Waals surface area contributed by atoms with E-state index in [1.165, 1.54) is 83.5 Å². The van der Waals surface area contributed by atoms with Crippen LogP contribution in [-0.2, 0) is 4.79 Å². The van der Waals surface area contributed by atoms with Crippen molar-refractivity contribution in [2.75, 3.05) is 0 Å². The Hall–Kier alpha value is -0.530. The predicted octanol–water partition coefficient (Wildman–Crippen LogP) is 8.63. The van der Waals surface area contributed by atoms with Crippen LogP contribution in [-0.4, -0.2) is 11.1 Å². The number of hydrogen-bond donors (Lipinski definition) is 1. The molecule has 0 heterocycles. The summed E-state index contributed by atoms with van der Waals surface area (Å²) in [4.78, 5) is 11.6. The van der Waals surface area contributed by atoms with Gasteiger partial charge in [-0.3, -0.25) is 4.79 Å². The summed E-state index contributed by atoms with van der Waals surface area (Å²) >= 11 is 0. The summed E-state index contributed by atoms with van der Waals surface area (Å²) in [5.74, 6) is -0.493. The first kappa shape index (κ1) is 26.5. The summed E-state index contributed by atoms with van der Waals surface area (Å²) in [5.41, 5.74) is 0.211. The van der Waals surface area contributed by atoms with Gasteiger partial charge in [-0.1, -0.05) is 125 Å². The Morgan fingerprint density at radius 3 is 1.44 bits per heavy atom. The molecule has 0 saturated heterocycles. The molecule has 2 atom stereocenters. The Morgan fingerprint density at radius 2 is 1.11 bits per heavy atom. The minimum absolute atomic E-state index is 0.165. The molecule has 0 rings (SSSR count). The molecule has 0 aliphatic carbocycles. The Labute approximate surface area is 170 Å². The van der Waals surface area contributed by atoms with Gasteiger partial charge < -0.3 is 5.11 Å². The van der Waals surface area contributed by atoms with Gasteiger partial charge in [0.1, 0.15) is 0 Å². The third kappa shape index (κ3) is 17.3. The zero-order chi connectivity index (χ0) is 20.5. The molecule has 0 radical (unpaired) electrons. The van der Waals surface area contributed by atoms with E-state index in [0.29, 0.717) is 0 Å². The molecule has 0 aromatic heterocycles. The highest BCUT2D eigenvalue weighted by atomic mass is 16.4. The lowest BCUT2D eigenvalue weighted by molar-refractivity contribution is -0.144. The van der Waals surface area contributed by atoms with E-state index in [1.54, 1.807) is 0 Å². The Kier molecular flexibility index (Phi) is 16.1. The van der Waals surface area contributed by atoms with Gasteiger partial charge in [0.05, 0.1) is 5.92 Å². The highest BCUT2D eigenvalue weighted by Gasteiger charge is 2.27. The van der Waals surface area contributed by atoms with Gasteiger partial charge in [-0.25, -0.2) is 0 Å². The van der Waals surface area contributed by atoms with E-state index in [9.17, 15) is 9.90 Å². The standard InChI is InChI=1S/C25H50O2/c1-6-7-8-9-10-11-12-13-14-15-16-17-18-19-20-23(24(26)27)22(2)21-25(3,4)5/h22-23H,6-21H2,1-5H3,(H,26,27). The predicted molar refractivity (Wildman–Crippen MR) is 119 cm³/mol. The molecule has 0 aromatic carbocycles. The first-order valence-corrected chi connectivity index (χ1v) is 12.0. The average molecular weight is 383 g/mol. The van der Waals surface area contributed by atoms with Crippen molar-refractivity contribution in [3.05, 3.63) is 0 Å². The summed E-state index contributed by atoms with van der Waals surface area (Å²) in [6.07, 6.45) is 20.7. The van der Waals surface area contributed by atoms with Crippen molar-refractivity contribution in [2.45, 2.75) is 137 Å². The zero-order valence-electron chi connectivity index (χ0n) is 19.3. The largest absolute Gasteiger partial charge is 0.481 e. The number of carbonyl (C=O) groups is 1. The fourth-order valence-electron chi connectivity index (χ4n) is 4.32. The Morgan fingerprint density at radius 1 is 0.741 bits per heavy atom. The maximum Gasteiger partial charge on any atom is 0.306 e. The lowest BCUT2D eigenvalue weighted by atomic mass is 9.78. The molecule has 0 bridgehead atoms. The van der Waals surface area contributed by atoms with Gasteiger partial charge in [0, 0.05) is 0 Å². The number of unbranched alkanes of at least 4 members (excludes halogenated alkanes) is 13. The molecule has 0 aliphatic heterocycles. The second-order valence-corrected chi connectivity index (χ2v) is 10.1. The third-order valence-electron chi connectivity index (χ3n) is 5.81. The fraction of sp³-hybridized carbons (Fsp3) is 0.960. The highest BCUT2D eigenvalue weighted by Crippen LogP contribution is 2.31. The van der Waals surface area contributed by atoms with E-state index in [1.807, 2.05) is 0 Å². The fourth-order valence-corrected chi connectivity index (χ4v) is 4.32. The van der Waals surface area contributed by atoms with Crippen molar-refractivity contribution < 1.29 is 9.90 Å². The van der Waals surface area contributed by atoms with Crippen LogP contribution in [0.4, 0.5) is 0 Å². The number of hydrogen-bond acceptors (Lipinski definition) is 1. The number of carboxylic acid groups (broad SMARTS) is 1. The van der Waals surface area contributed by atoms with E-state index in [-0.39, 0.29) is 17.3 Å². The average Bonchev–Trinajstić information content (AvgIpc) is 2.56. The van der Waals surface area contributed by atoms with Crippen molar-refractivity contribution >= 4 is 5.97 Å². The number of aliphatic carboxylic acids is 1. The van der Waals surface area contributed by atoms with Crippen LogP contribution in [0.15, 0.2) is 0 Å². The molecule has 2 unspecified atom stereocenters. The van der Waals surface area contributed by atoms with Crippen LogP contribution in [0, 0.1) is 17.3 Å². The van der Waals surface area contributed by atoms with Crippen molar-refractivity contribution in [1.29, 1.82) is 0 Å². The van der Waals surface area contributed by atoms with Gasteiger partial charge >= 0.3 is 5.97 Å². The molecular weight excluding hydrogens is 332 g/mol. The summed E-state index contributed by atoms with van der Waals surface area (Å²) in [5, 5.41) is 9.54. The molecule has 2 heteroatoms. The van der Waals surface area contributed by atoms with Crippen molar-refractivity contribution in [1.82, 2.24) is 0 Å². The molecule has 0 saturated carbocycles. The van der Waals surface area contributed by atoms with Gasteiger partial charge in [0.2, 0.25) is 0 Å². The molecule has 0 aliphatic rings. The van der Waals surface area contributed by atoms with Gasteiger partial charge in [-0.2, -0.15) is 0 Å². The first-order chi connectivity index (χ1) is 12.8. The smallest absolute Gasteiger partial charge is 0.306 e. The molecule has 0 aromatic rings. The Bertz CT molecular complexity index is 343. The normalized spacial score (nSPS) is 14.3. The molecule has 27 heavy (non-hydrogen) atoms. The van der Waals surface area contributed by atoms with Crippen molar-refractivity contribution in [2.24, 2.45) is 17.3 Å². The second-order valence-electron chi connectivity index (χ2n) is 10.1. The lowest BCUT2D eigenvalue weighted by Gasteiger charge is -2.27. The van der Waals surface area contributed by atoms with Gasteiger partial charge in [0.25, 0.3) is 0 Å². The molecule has 1 N–H and O–H groups in total. The number of rotatable bonds is 18. The van der Waals surface area contributed by atoms with Gasteiger partial charge in [0.15, 0.2) is 0 Å². The van der Waals surface area contributed by atoms with Crippen LogP contribution in [0.25, 0.3) is 0 Å². The van der Waals surface area contributed by atoms with E-state index >= 15 is 0 Å². The molecular formula is C25H50O2. The highest BCUT2D eigenvalue weighted by molar-refractivity contribution is 5.70. The van der Waals surface area contributed by atoms with E-state index in [4.69, 9.17) is 0 Å². The summed E-state index contributed by atoms with van der Waals surface area (Å²) in [6.45, 7) is 11.0. The lowest BCUT2D eigenvalue weighted by Crippen LogP contribution is -2.25. The van der Waals surface area contributed by atoms with Crippen molar-refractivity contribution in [3.63, 3.8) is 0 Å². The van der Waals surface area contributed by atoms with E-state index in [0.717, 1.165) is 19.3 Å². The van der Waals surface area contributed by atoms with Crippen LogP contribution < -0.4 is 0 Å². The molecule has 2 nitrogen and oxygen atoms in total. The van der Waals surface area contributed by atoms with E-state index in [2.05, 4.69) is 34.6 Å². The van der Waals surface area contributed by atoms with E-state index < -0.39 is 5.97 Å². The van der Waals surface area contributed by atoms with Crippen LogP contribution in [0.2, 0.25) is 0 Å². The van der Waals surface area contributed by atoms with Crippen LogP contribution >= 0.6 is 0 Å². The minimum Gasteiger partial charge on any atom is -0.481 e. The molecule has 0 fully saturated rings. The van der Waals surface area contributed by atoms with Crippen LogP contribution in [0.5, 0.6) is 0 Å². The minimum atomic E-state index is -0.596. The van der Waals surface area contributed by atoms with Crippen molar-refractivity contribution in [3.8, 4) is 0 Å². The zero-order valence-corrected chi connectivity index (χ0v) is 19.3. The summed E-state index contributed by atoms with van der Waals surface area (Å²) in [7, 11) is 0. The SMILES string of the molecule is CCCCCCCCCCCCCCCCC(C(=O)O)C(C)CC(C)(C)C. The topological polar surface area (TPSA) is 37.3 Å². The monoisotopic (exact) mass is 382 g/mol. The molecule has 162 valence electrons. The molecule has 0 spiro atoms. The Balaban J connectivity index is 3.57. The van der Waals surface area contributed by atoms with Gasteiger partial charge in [-0.15, -0.1) is 0 Å². The maximum absolute atomic E-state index is 11.6. The van der Waals surface area contributed by atoms with Crippen LogP contribution in [0.3, 0.4) is 0 Å².